The second-order valence-corrected chi connectivity index (χ2v) is 4.98. The number of amides is 1. The quantitative estimate of drug-likeness (QED) is 0.871. The van der Waals surface area contributed by atoms with E-state index >= 15 is 0 Å². The van der Waals surface area contributed by atoms with Crippen molar-refractivity contribution in [3.05, 3.63) is 34.1 Å². The largest absolute Gasteiger partial charge is 0.349 e. The summed E-state index contributed by atoms with van der Waals surface area (Å²) in [4.78, 5) is 11.7. The molecule has 0 aromatic heterocycles. The van der Waals surface area contributed by atoms with Crippen molar-refractivity contribution in [1.82, 2.24) is 5.32 Å². The Kier molecular flexibility index (Phi) is 3.25. The van der Waals surface area contributed by atoms with Gasteiger partial charge in [0.2, 0.25) is 0 Å². The van der Waals surface area contributed by atoms with Crippen molar-refractivity contribution in [2.75, 3.05) is 0 Å². The van der Waals surface area contributed by atoms with Crippen LogP contribution in [0.4, 0.5) is 4.39 Å². The minimum absolute atomic E-state index is 0.129. The van der Waals surface area contributed by atoms with Crippen molar-refractivity contribution in [3.63, 3.8) is 0 Å². The Balaban J connectivity index is 2.03. The van der Waals surface area contributed by atoms with E-state index in [2.05, 4.69) is 21.2 Å². The van der Waals surface area contributed by atoms with E-state index in [9.17, 15) is 9.18 Å². The SMILES string of the molecule is NC1CC(NC(=O)c2cc(F)cc(Br)c2)C1. The van der Waals surface area contributed by atoms with Crippen LogP contribution in [0, 0.1) is 5.82 Å². The molecule has 0 bridgehead atoms. The van der Waals surface area contributed by atoms with Crippen LogP contribution in [-0.2, 0) is 0 Å². The first-order valence-corrected chi connectivity index (χ1v) is 5.86. The second kappa shape index (κ2) is 4.51. The van der Waals surface area contributed by atoms with E-state index in [-0.39, 0.29) is 18.0 Å². The molecule has 2 rings (SSSR count). The van der Waals surface area contributed by atoms with Gasteiger partial charge in [0.25, 0.3) is 5.91 Å². The van der Waals surface area contributed by atoms with Gasteiger partial charge in [0.15, 0.2) is 0 Å². The molecular formula is C11H12BrFN2O. The topological polar surface area (TPSA) is 55.1 Å². The number of hydrogen-bond donors (Lipinski definition) is 2. The maximum absolute atomic E-state index is 13.1. The fraction of sp³-hybridized carbons (Fsp3) is 0.364. The summed E-state index contributed by atoms with van der Waals surface area (Å²) >= 11 is 3.15. The molecule has 3 nitrogen and oxygen atoms in total. The Morgan fingerprint density at radius 3 is 2.69 bits per heavy atom. The van der Waals surface area contributed by atoms with Gasteiger partial charge < -0.3 is 11.1 Å². The van der Waals surface area contributed by atoms with Gasteiger partial charge in [-0.15, -0.1) is 0 Å². The molecule has 1 amide bonds. The minimum Gasteiger partial charge on any atom is -0.349 e. The fourth-order valence-corrected chi connectivity index (χ4v) is 2.20. The van der Waals surface area contributed by atoms with Crippen molar-refractivity contribution in [1.29, 1.82) is 0 Å². The molecule has 0 atom stereocenters. The summed E-state index contributed by atoms with van der Waals surface area (Å²) in [5.41, 5.74) is 5.94. The van der Waals surface area contributed by atoms with E-state index in [1.807, 2.05) is 0 Å². The van der Waals surface area contributed by atoms with Crippen LogP contribution in [-0.4, -0.2) is 18.0 Å². The van der Waals surface area contributed by atoms with Crippen molar-refractivity contribution < 1.29 is 9.18 Å². The Morgan fingerprint density at radius 2 is 2.12 bits per heavy atom. The van der Waals surface area contributed by atoms with Gasteiger partial charge in [-0.1, -0.05) is 15.9 Å². The number of benzene rings is 1. The molecule has 86 valence electrons. The van der Waals surface area contributed by atoms with E-state index in [1.54, 1.807) is 6.07 Å². The summed E-state index contributed by atoms with van der Waals surface area (Å²) < 4.78 is 13.6. The number of carbonyl (C=O) groups excluding carboxylic acids is 1. The Hall–Kier alpha value is -0.940. The standard InChI is InChI=1S/C11H12BrFN2O/c12-7-1-6(2-8(13)3-7)11(16)15-10-4-9(14)5-10/h1-3,9-10H,4-5,14H2,(H,15,16). The molecule has 1 fully saturated rings. The number of halogens is 2. The summed E-state index contributed by atoms with van der Waals surface area (Å²) in [7, 11) is 0. The van der Waals surface area contributed by atoms with Crippen LogP contribution in [0.25, 0.3) is 0 Å². The normalized spacial score (nSPS) is 23.7. The van der Waals surface area contributed by atoms with Crippen LogP contribution in [0.5, 0.6) is 0 Å². The highest BCUT2D eigenvalue weighted by Gasteiger charge is 2.27. The van der Waals surface area contributed by atoms with Gasteiger partial charge in [0, 0.05) is 22.1 Å². The van der Waals surface area contributed by atoms with Crippen LogP contribution in [0.1, 0.15) is 23.2 Å². The van der Waals surface area contributed by atoms with Gasteiger partial charge in [-0.05, 0) is 31.0 Å². The first kappa shape index (κ1) is 11.5. The molecule has 0 radical (unpaired) electrons. The number of hydrogen-bond acceptors (Lipinski definition) is 2. The number of nitrogens with one attached hydrogen (secondary N) is 1. The van der Waals surface area contributed by atoms with E-state index in [1.165, 1.54) is 12.1 Å². The number of nitrogens with two attached hydrogens (primary N) is 1. The minimum atomic E-state index is -0.426. The zero-order chi connectivity index (χ0) is 11.7. The second-order valence-electron chi connectivity index (χ2n) is 4.06. The molecule has 5 heteroatoms. The highest BCUT2D eigenvalue weighted by molar-refractivity contribution is 9.10. The third kappa shape index (κ3) is 2.59. The summed E-state index contributed by atoms with van der Waals surface area (Å²) in [6, 6.07) is 4.44. The summed E-state index contributed by atoms with van der Waals surface area (Å²) in [5.74, 6) is -0.679. The number of rotatable bonds is 2. The molecule has 1 saturated carbocycles. The lowest BCUT2D eigenvalue weighted by Crippen LogP contribution is -2.50. The molecular weight excluding hydrogens is 275 g/mol. The van der Waals surface area contributed by atoms with Crippen LogP contribution in [0.3, 0.4) is 0 Å². The van der Waals surface area contributed by atoms with E-state index < -0.39 is 5.82 Å². The third-order valence-corrected chi connectivity index (χ3v) is 3.09. The van der Waals surface area contributed by atoms with Crippen molar-refractivity contribution in [3.8, 4) is 0 Å². The highest BCUT2D eigenvalue weighted by atomic mass is 79.9. The van der Waals surface area contributed by atoms with Crippen LogP contribution < -0.4 is 11.1 Å². The van der Waals surface area contributed by atoms with Crippen molar-refractivity contribution in [2.24, 2.45) is 5.73 Å². The lowest BCUT2D eigenvalue weighted by Gasteiger charge is -2.32. The van der Waals surface area contributed by atoms with Gasteiger partial charge >= 0.3 is 0 Å². The highest BCUT2D eigenvalue weighted by Crippen LogP contribution is 2.19. The summed E-state index contributed by atoms with van der Waals surface area (Å²) in [6.45, 7) is 0. The third-order valence-electron chi connectivity index (χ3n) is 2.63. The van der Waals surface area contributed by atoms with Gasteiger partial charge in [0.1, 0.15) is 5.82 Å². The van der Waals surface area contributed by atoms with E-state index in [0.29, 0.717) is 10.0 Å². The zero-order valence-corrected chi connectivity index (χ0v) is 10.1. The maximum atomic E-state index is 13.1. The van der Waals surface area contributed by atoms with Crippen LogP contribution in [0.2, 0.25) is 0 Å². The molecule has 3 N–H and O–H groups in total. The maximum Gasteiger partial charge on any atom is 0.251 e. The molecule has 1 aliphatic carbocycles. The van der Waals surface area contributed by atoms with Crippen LogP contribution >= 0.6 is 15.9 Å². The Morgan fingerprint density at radius 1 is 1.44 bits per heavy atom. The lowest BCUT2D eigenvalue weighted by molar-refractivity contribution is 0.0909. The van der Waals surface area contributed by atoms with Crippen molar-refractivity contribution in [2.45, 2.75) is 24.9 Å². The van der Waals surface area contributed by atoms with E-state index in [0.717, 1.165) is 12.8 Å². The van der Waals surface area contributed by atoms with Gasteiger partial charge in [-0.3, -0.25) is 4.79 Å². The molecule has 1 aliphatic rings. The summed E-state index contributed by atoms with van der Waals surface area (Å²) in [6.07, 6.45) is 1.59. The summed E-state index contributed by atoms with van der Waals surface area (Å²) in [5, 5.41) is 2.81. The Bertz CT molecular complexity index is 398. The molecule has 0 aliphatic heterocycles. The predicted octanol–water partition coefficient (Wildman–Crippen LogP) is 1.81. The average molecular weight is 287 g/mol. The fourth-order valence-electron chi connectivity index (χ4n) is 1.73. The molecule has 16 heavy (non-hydrogen) atoms. The van der Waals surface area contributed by atoms with Crippen LogP contribution in [0.15, 0.2) is 22.7 Å². The van der Waals surface area contributed by atoms with Crippen molar-refractivity contribution >= 4 is 21.8 Å². The molecule has 0 unspecified atom stereocenters. The first-order valence-electron chi connectivity index (χ1n) is 5.07. The smallest absolute Gasteiger partial charge is 0.251 e. The Labute approximate surface area is 101 Å². The predicted molar refractivity (Wildman–Crippen MR) is 62.6 cm³/mol. The molecule has 0 heterocycles. The van der Waals surface area contributed by atoms with Gasteiger partial charge in [-0.2, -0.15) is 0 Å². The van der Waals surface area contributed by atoms with E-state index in [4.69, 9.17) is 5.73 Å². The first-order chi connectivity index (χ1) is 7.54. The lowest BCUT2D eigenvalue weighted by atomic mass is 9.87. The number of carbonyl (C=O) groups is 1. The van der Waals surface area contributed by atoms with Gasteiger partial charge in [-0.25, -0.2) is 4.39 Å². The average Bonchev–Trinajstić information content (AvgIpc) is 2.13. The van der Waals surface area contributed by atoms with Gasteiger partial charge in [0.05, 0.1) is 0 Å². The molecule has 0 spiro atoms. The monoisotopic (exact) mass is 286 g/mol. The molecule has 1 aromatic carbocycles. The molecule has 0 saturated heterocycles. The molecule has 1 aromatic rings. The zero-order valence-electron chi connectivity index (χ0n) is 8.54.